The predicted octanol–water partition coefficient (Wildman–Crippen LogP) is 4.65. The van der Waals surface area contributed by atoms with E-state index in [1.165, 1.54) is 12.8 Å². The summed E-state index contributed by atoms with van der Waals surface area (Å²) >= 11 is 7.00. The molecule has 1 N–H and O–H groups in total. The normalized spacial score (nSPS) is 14.8. The maximum Gasteiger partial charge on any atom is 0.277 e. The number of ether oxygens (including phenoxy) is 1. The van der Waals surface area contributed by atoms with E-state index in [-0.39, 0.29) is 12.5 Å². The number of carbonyl (C=O) groups is 1. The molecule has 0 atom stereocenters. The van der Waals surface area contributed by atoms with Crippen molar-refractivity contribution in [1.29, 1.82) is 0 Å². The molecule has 2 aromatic rings. The molecule has 0 aromatic heterocycles. The van der Waals surface area contributed by atoms with E-state index >= 15 is 0 Å². The topological polar surface area (TPSA) is 50.7 Å². The second-order valence-electron chi connectivity index (χ2n) is 5.59. The monoisotopic (exact) mass is 438 g/mol. The van der Waals surface area contributed by atoms with Crippen molar-refractivity contribution in [2.75, 3.05) is 6.61 Å². The van der Waals surface area contributed by atoms with E-state index in [0.29, 0.717) is 11.7 Å². The highest BCUT2D eigenvalue weighted by molar-refractivity contribution is 9.11. The standard InChI is InChI=1S/C17H16Br2N2O2/c1-10(11-2-3-11)20-21-16(22)9-23-15-7-4-12-8-13(18)5-6-14(12)17(15)19/h4-8,11H,2-3,9H2,1H3,(H,21,22). The summed E-state index contributed by atoms with van der Waals surface area (Å²) in [5.74, 6) is 0.927. The zero-order valence-electron chi connectivity index (χ0n) is 12.6. The Labute approximate surface area is 151 Å². The number of benzene rings is 2. The van der Waals surface area contributed by atoms with Crippen LogP contribution in [0.25, 0.3) is 10.8 Å². The van der Waals surface area contributed by atoms with E-state index in [1.807, 2.05) is 37.3 Å². The van der Waals surface area contributed by atoms with Crippen LogP contribution in [0.1, 0.15) is 19.8 Å². The molecule has 23 heavy (non-hydrogen) atoms. The summed E-state index contributed by atoms with van der Waals surface area (Å²) in [6.45, 7) is 1.87. The summed E-state index contributed by atoms with van der Waals surface area (Å²) in [7, 11) is 0. The summed E-state index contributed by atoms with van der Waals surface area (Å²) in [5, 5.41) is 6.23. The molecule has 0 saturated heterocycles. The molecule has 1 saturated carbocycles. The Hall–Kier alpha value is -1.40. The highest BCUT2D eigenvalue weighted by Gasteiger charge is 2.24. The largest absolute Gasteiger partial charge is 0.483 e. The molecule has 4 nitrogen and oxygen atoms in total. The molecule has 0 bridgehead atoms. The van der Waals surface area contributed by atoms with Gasteiger partial charge in [-0.3, -0.25) is 4.79 Å². The lowest BCUT2D eigenvalue weighted by atomic mass is 10.1. The van der Waals surface area contributed by atoms with Crippen LogP contribution in [0.5, 0.6) is 5.75 Å². The van der Waals surface area contributed by atoms with E-state index in [4.69, 9.17) is 4.74 Å². The third-order valence-corrected chi connectivity index (χ3v) is 5.08. The minimum Gasteiger partial charge on any atom is -0.483 e. The molecule has 0 heterocycles. The first-order valence-corrected chi connectivity index (χ1v) is 8.97. The summed E-state index contributed by atoms with van der Waals surface area (Å²) in [4.78, 5) is 11.8. The lowest BCUT2D eigenvalue weighted by Gasteiger charge is -2.10. The summed E-state index contributed by atoms with van der Waals surface area (Å²) in [5.41, 5.74) is 3.52. The van der Waals surface area contributed by atoms with Crippen molar-refractivity contribution < 1.29 is 9.53 Å². The molecule has 1 amide bonds. The van der Waals surface area contributed by atoms with Crippen LogP contribution in [0.15, 0.2) is 44.4 Å². The summed E-state index contributed by atoms with van der Waals surface area (Å²) in [6.07, 6.45) is 2.34. The van der Waals surface area contributed by atoms with Gasteiger partial charge in [-0.1, -0.05) is 28.1 Å². The molecule has 120 valence electrons. The molecular formula is C17H16Br2N2O2. The maximum absolute atomic E-state index is 11.8. The molecule has 0 radical (unpaired) electrons. The lowest BCUT2D eigenvalue weighted by molar-refractivity contribution is -0.123. The van der Waals surface area contributed by atoms with Gasteiger partial charge in [-0.15, -0.1) is 0 Å². The summed E-state index contributed by atoms with van der Waals surface area (Å²) < 4.78 is 7.47. The van der Waals surface area contributed by atoms with Gasteiger partial charge in [0.25, 0.3) is 5.91 Å². The first kappa shape index (κ1) is 16.5. The van der Waals surface area contributed by atoms with E-state index in [0.717, 1.165) is 25.4 Å². The highest BCUT2D eigenvalue weighted by atomic mass is 79.9. The van der Waals surface area contributed by atoms with Gasteiger partial charge in [0.2, 0.25) is 0 Å². The van der Waals surface area contributed by atoms with Gasteiger partial charge in [0.1, 0.15) is 5.75 Å². The second-order valence-corrected chi connectivity index (χ2v) is 7.30. The van der Waals surface area contributed by atoms with E-state index in [2.05, 4.69) is 42.4 Å². The Balaban J connectivity index is 1.64. The van der Waals surface area contributed by atoms with Crippen LogP contribution in [0.4, 0.5) is 0 Å². The average Bonchev–Trinajstić information content (AvgIpc) is 3.36. The van der Waals surface area contributed by atoms with Gasteiger partial charge in [-0.05, 0) is 70.6 Å². The Morgan fingerprint density at radius 3 is 2.83 bits per heavy atom. The van der Waals surface area contributed by atoms with Crippen LogP contribution in [0, 0.1) is 5.92 Å². The van der Waals surface area contributed by atoms with E-state index in [1.54, 1.807) is 0 Å². The Morgan fingerprint density at radius 1 is 1.30 bits per heavy atom. The molecule has 2 aromatic carbocycles. The molecule has 6 heteroatoms. The van der Waals surface area contributed by atoms with Crippen LogP contribution in [0.3, 0.4) is 0 Å². The minimum absolute atomic E-state index is 0.0674. The van der Waals surface area contributed by atoms with Crippen molar-refractivity contribution in [3.05, 3.63) is 39.3 Å². The van der Waals surface area contributed by atoms with Crippen molar-refractivity contribution in [1.82, 2.24) is 5.43 Å². The van der Waals surface area contributed by atoms with Crippen LogP contribution >= 0.6 is 31.9 Å². The molecular weight excluding hydrogens is 424 g/mol. The average molecular weight is 440 g/mol. The number of hydrogen-bond acceptors (Lipinski definition) is 3. The van der Waals surface area contributed by atoms with Gasteiger partial charge in [0, 0.05) is 10.2 Å². The fraction of sp³-hybridized carbons (Fsp3) is 0.294. The SMILES string of the molecule is CC(=NNC(=O)COc1ccc2cc(Br)ccc2c1Br)C1CC1. The molecule has 1 aliphatic carbocycles. The molecule has 0 spiro atoms. The number of amides is 1. The third kappa shape index (κ3) is 4.12. The minimum atomic E-state index is -0.257. The smallest absolute Gasteiger partial charge is 0.277 e. The quantitative estimate of drug-likeness (QED) is 0.544. The molecule has 1 fully saturated rings. The Bertz CT molecular complexity index is 786. The number of fused-ring (bicyclic) bond motifs is 1. The van der Waals surface area contributed by atoms with Gasteiger partial charge < -0.3 is 4.74 Å². The maximum atomic E-state index is 11.8. The number of rotatable bonds is 5. The fourth-order valence-corrected chi connectivity index (χ4v) is 3.26. The van der Waals surface area contributed by atoms with Crippen molar-refractivity contribution >= 4 is 54.3 Å². The van der Waals surface area contributed by atoms with E-state index in [9.17, 15) is 4.79 Å². The van der Waals surface area contributed by atoms with E-state index < -0.39 is 0 Å². The molecule has 1 aliphatic rings. The highest BCUT2D eigenvalue weighted by Crippen LogP contribution is 2.34. The van der Waals surface area contributed by atoms with Gasteiger partial charge in [-0.25, -0.2) is 5.43 Å². The van der Waals surface area contributed by atoms with Gasteiger partial charge in [0.15, 0.2) is 6.61 Å². The van der Waals surface area contributed by atoms with Crippen LogP contribution in [0.2, 0.25) is 0 Å². The Morgan fingerprint density at radius 2 is 2.09 bits per heavy atom. The van der Waals surface area contributed by atoms with Crippen molar-refractivity contribution in [3.63, 3.8) is 0 Å². The number of hydrogen-bond donors (Lipinski definition) is 1. The first-order chi connectivity index (χ1) is 11.0. The zero-order valence-corrected chi connectivity index (χ0v) is 15.8. The Kier molecular flexibility index (Phi) is 5.02. The van der Waals surface area contributed by atoms with Crippen molar-refractivity contribution in [3.8, 4) is 5.75 Å². The van der Waals surface area contributed by atoms with Crippen molar-refractivity contribution in [2.24, 2.45) is 11.0 Å². The van der Waals surface area contributed by atoms with Crippen LogP contribution in [-0.4, -0.2) is 18.2 Å². The third-order valence-electron chi connectivity index (χ3n) is 3.76. The molecule has 0 unspecified atom stereocenters. The number of carbonyl (C=O) groups excluding carboxylic acids is 1. The van der Waals surface area contributed by atoms with Gasteiger partial charge in [-0.2, -0.15) is 5.10 Å². The van der Waals surface area contributed by atoms with Gasteiger partial charge >= 0.3 is 0 Å². The van der Waals surface area contributed by atoms with Crippen molar-refractivity contribution in [2.45, 2.75) is 19.8 Å². The summed E-state index contributed by atoms with van der Waals surface area (Å²) in [6, 6.07) is 9.82. The van der Waals surface area contributed by atoms with Crippen LogP contribution < -0.4 is 10.2 Å². The zero-order chi connectivity index (χ0) is 16.4. The van der Waals surface area contributed by atoms with Crippen LogP contribution in [-0.2, 0) is 4.79 Å². The number of nitrogens with one attached hydrogen (secondary N) is 1. The number of hydrazone groups is 1. The predicted molar refractivity (Wildman–Crippen MR) is 98.8 cm³/mol. The molecule has 3 rings (SSSR count). The second kappa shape index (κ2) is 7.01. The first-order valence-electron chi connectivity index (χ1n) is 7.38. The number of nitrogens with zero attached hydrogens (tertiary/aromatic N) is 1. The lowest BCUT2D eigenvalue weighted by Crippen LogP contribution is -2.25. The molecule has 0 aliphatic heterocycles. The van der Waals surface area contributed by atoms with Gasteiger partial charge in [0.05, 0.1) is 4.47 Å². The number of halogens is 2. The fourth-order valence-electron chi connectivity index (χ4n) is 2.27.